The SMILES string of the molecule is CC(C)(C)C(=O)N1N=C(c2cc(C(F)(F)F)ccc2F)OC1(CCCN)c1ccccc1.Cl.Cl. The maximum absolute atomic E-state index is 14.6. The van der Waals surface area contributed by atoms with E-state index < -0.39 is 46.1 Å². The Morgan fingerprint density at radius 1 is 1.09 bits per heavy atom. The second kappa shape index (κ2) is 10.9. The minimum absolute atomic E-state index is 0. The van der Waals surface area contributed by atoms with Crippen molar-refractivity contribution in [3.8, 4) is 0 Å². The predicted molar refractivity (Wildman–Crippen MR) is 126 cm³/mol. The summed E-state index contributed by atoms with van der Waals surface area (Å²) in [4.78, 5) is 13.3. The summed E-state index contributed by atoms with van der Waals surface area (Å²) >= 11 is 0. The van der Waals surface area contributed by atoms with Crippen molar-refractivity contribution >= 4 is 36.6 Å². The van der Waals surface area contributed by atoms with E-state index in [1.54, 1.807) is 51.1 Å². The van der Waals surface area contributed by atoms with E-state index in [4.69, 9.17) is 10.5 Å². The van der Waals surface area contributed by atoms with Gasteiger partial charge in [-0.2, -0.15) is 18.2 Å². The van der Waals surface area contributed by atoms with Gasteiger partial charge in [0.25, 0.3) is 5.91 Å². The first-order valence-corrected chi connectivity index (χ1v) is 10.1. The highest BCUT2D eigenvalue weighted by Crippen LogP contribution is 2.43. The summed E-state index contributed by atoms with van der Waals surface area (Å²) in [5.41, 5.74) is 2.37. The molecule has 3 rings (SSSR count). The smallest absolute Gasteiger partial charge is 0.416 e. The topological polar surface area (TPSA) is 67.9 Å². The minimum atomic E-state index is -4.68. The third-order valence-electron chi connectivity index (χ3n) is 5.10. The number of nitrogens with zero attached hydrogens (tertiary/aromatic N) is 2. The molecule has 0 spiro atoms. The van der Waals surface area contributed by atoms with Crippen molar-refractivity contribution in [3.05, 3.63) is 71.0 Å². The molecule has 1 amide bonds. The molecule has 5 nitrogen and oxygen atoms in total. The Bertz CT molecular complexity index is 1030. The minimum Gasteiger partial charge on any atom is -0.443 e. The summed E-state index contributed by atoms with van der Waals surface area (Å²) < 4.78 is 60.5. The van der Waals surface area contributed by atoms with E-state index in [0.29, 0.717) is 30.2 Å². The summed E-state index contributed by atoms with van der Waals surface area (Å²) in [7, 11) is 0. The Labute approximate surface area is 208 Å². The average molecular weight is 524 g/mol. The van der Waals surface area contributed by atoms with E-state index in [9.17, 15) is 22.4 Å². The van der Waals surface area contributed by atoms with Crippen molar-refractivity contribution in [1.29, 1.82) is 0 Å². The van der Waals surface area contributed by atoms with Crippen molar-refractivity contribution in [1.82, 2.24) is 5.01 Å². The molecule has 0 radical (unpaired) electrons. The number of carbonyl (C=O) groups is 1. The van der Waals surface area contributed by atoms with Gasteiger partial charge in [0.05, 0.1) is 11.1 Å². The van der Waals surface area contributed by atoms with Crippen molar-refractivity contribution < 1.29 is 27.1 Å². The van der Waals surface area contributed by atoms with Gasteiger partial charge in [-0.15, -0.1) is 29.9 Å². The maximum atomic E-state index is 14.6. The molecule has 1 atom stereocenters. The van der Waals surface area contributed by atoms with Crippen LogP contribution in [0, 0.1) is 11.2 Å². The van der Waals surface area contributed by atoms with E-state index in [1.807, 2.05) is 0 Å². The van der Waals surface area contributed by atoms with E-state index in [2.05, 4.69) is 5.10 Å². The molecule has 2 aromatic carbocycles. The van der Waals surface area contributed by atoms with Gasteiger partial charge in [0.15, 0.2) is 0 Å². The largest absolute Gasteiger partial charge is 0.443 e. The molecule has 2 aromatic rings. The van der Waals surface area contributed by atoms with Crippen molar-refractivity contribution in [2.24, 2.45) is 16.3 Å². The quantitative estimate of drug-likeness (QED) is 0.500. The van der Waals surface area contributed by atoms with E-state index in [-0.39, 0.29) is 37.8 Å². The van der Waals surface area contributed by atoms with Gasteiger partial charge < -0.3 is 10.5 Å². The van der Waals surface area contributed by atoms with Gasteiger partial charge in [0.2, 0.25) is 11.6 Å². The fourth-order valence-electron chi connectivity index (χ4n) is 3.42. The molecule has 1 aliphatic rings. The lowest BCUT2D eigenvalue weighted by molar-refractivity contribution is -0.161. The second-order valence-corrected chi connectivity index (χ2v) is 8.61. The van der Waals surface area contributed by atoms with Crippen molar-refractivity contribution in [3.63, 3.8) is 0 Å². The molecule has 1 heterocycles. The second-order valence-electron chi connectivity index (χ2n) is 8.61. The number of carbonyl (C=O) groups excluding carboxylic acids is 1. The van der Waals surface area contributed by atoms with Gasteiger partial charge in [-0.25, -0.2) is 4.39 Å². The fourth-order valence-corrected chi connectivity index (χ4v) is 3.42. The Balaban J connectivity index is 0.00000289. The number of halogens is 6. The van der Waals surface area contributed by atoms with Crippen LogP contribution in [0.3, 0.4) is 0 Å². The molecule has 11 heteroatoms. The number of amides is 1. The van der Waals surface area contributed by atoms with Gasteiger partial charge in [-0.05, 0) is 31.2 Å². The number of nitrogens with two attached hydrogens (primary N) is 1. The van der Waals surface area contributed by atoms with Gasteiger partial charge >= 0.3 is 6.18 Å². The fraction of sp³-hybridized carbons (Fsp3) is 0.391. The van der Waals surface area contributed by atoms with Crippen LogP contribution in [-0.2, 0) is 21.4 Å². The van der Waals surface area contributed by atoms with Gasteiger partial charge in [-0.3, -0.25) is 4.79 Å². The lowest BCUT2D eigenvalue weighted by Crippen LogP contribution is -2.49. The van der Waals surface area contributed by atoms with Crippen LogP contribution in [0.1, 0.15) is 50.3 Å². The predicted octanol–water partition coefficient (Wildman–Crippen LogP) is 5.85. The van der Waals surface area contributed by atoms with Crippen LogP contribution in [0.15, 0.2) is 53.6 Å². The third kappa shape index (κ3) is 5.82. The summed E-state index contributed by atoms with van der Waals surface area (Å²) in [6.07, 6.45) is -4.04. The molecule has 1 unspecified atom stereocenters. The van der Waals surface area contributed by atoms with Crippen molar-refractivity contribution in [2.45, 2.75) is 45.5 Å². The van der Waals surface area contributed by atoms with Crippen LogP contribution in [0.25, 0.3) is 0 Å². The Morgan fingerprint density at radius 2 is 1.71 bits per heavy atom. The lowest BCUT2D eigenvalue weighted by atomic mass is 9.91. The molecule has 188 valence electrons. The number of hydrogen-bond donors (Lipinski definition) is 1. The highest BCUT2D eigenvalue weighted by molar-refractivity contribution is 5.98. The van der Waals surface area contributed by atoms with Crippen LogP contribution >= 0.6 is 24.8 Å². The van der Waals surface area contributed by atoms with Gasteiger partial charge in [0.1, 0.15) is 5.82 Å². The molecule has 0 aromatic heterocycles. The molecular weight excluding hydrogens is 497 g/mol. The molecule has 0 saturated heterocycles. The van der Waals surface area contributed by atoms with Gasteiger partial charge in [-0.1, -0.05) is 51.1 Å². The van der Waals surface area contributed by atoms with Gasteiger partial charge in [0, 0.05) is 17.4 Å². The van der Waals surface area contributed by atoms with Crippen LogP contribution in [0.2, 0.25) is 0 Å². The Morgan fingerprint density at radius 3 is 2.24 bits per heavy atom. The van der Waals surface area contributed by atoms with Crippen LogP contribution in [0.5, 0.6) is 0 Å². The zero-order chi connectivity index (χ0) is 23.7. The molecular formula is C23H27Cl2F4N3O2. The maximum Gasteiger partial charge on any atom is 0.416 e. The summed E-state index contributed by atoms with van der Waals surface area (Å²) in [5.74, 6) is -1.77. The van der Waals surface area contributed by atoms with Crippen LogP contribution in [-0.4, -0.2) is 23.4 Å². The summed E-state index contributed by atoms with van der Waals surface area (Å²) in [6.45, 7) is 5.34. The van der Waals surface area contributed by atoms with Crippen molar-refractivity contribution in [2.75, 3.05) is 6.54 Å². The normalized spacial score (nSPS) is 17.9. The lowest BCUT2D eigenvalue weighted by Gasteiger charge is -2.38. The summed E-state index contributed by atoms with van der Waals surface area (Å²) in [6, 6.07) is 10.7. The van der Waals surface area contributed by atoms with E-state index in [0.717, 1.165) is 5.01 Å². The van der Waals surface area contributed by atoms with E-state index >= 15 is 0 Å². The summed E-state index contributed by atoms with van der Waals surface area (Å²) in [5, 5.41) is 5.34. The zero-order valence-electron chi connectivity index (χ0n) is 18.9. The number of hydrazone groups is 1. The van der Waals surface area contributed by atoms with Crippen LogP contribution in [0.4, 0.5) is 17.6 Å². The molecule has 0 saturated carbocycles. The van der Waals surface area contributed by atoms with E-state index in [1.165, 1.54) is 0 Å². The molecule has 0 fully saturated rings. The number of alkyl halides is 3. The number of ether oxygens (including phenoxy) is 1. The Kier molecular flexibility index (Phi) is 9.53. The Hall–Kier alpha value is -2.36. The molecule has 0 bridgehead atoms. The highest BCUT2D eigenvalue weighted by Gasteiger charge is 2.52. The molecule has 1 aliphatic heterocycles. The third-order valence-corrected chi connectivity index (χ3v) is 5.10. The number of benzene rings is 2. The average Bonchev–Trinajstić information content (AvgIpc) is 3.11. The zero-order valence-corrected chi connectivity index (χ0v) is 20.5. The first kappa shape index (κ1) is 29.7. The highest BCUT2D eigenvalue weighted by atomic mass is 35.5. The monoisotopic (exact) mass is 523 g/mol. The first-order chi connectivity index (χ1) is 14.9. The molecule has 0 aliphatic carbocycles. The molecule has 2 N–H and O–H groups in total. The van der Waals surface area contributed by atoms with Crippen LogP contribution < -0.4 is 5.73 Å². The first-order valence-electron chi connectivity index (χ1n) is 10.1. The number of rotatable bonds is 5. The standard InChI is InChI=1S/C23H25F4N3O2.2ClH/c1-21(2,3)20(31)30-22(12-7-13-28,15-8-5-4-6-9-15)32-19(29-30)17-14-16(23(25,26)27)10-11-18(17)24;;/h4-6,8-11,14H,7,12-13,28H2,1-3H3;2*1H. The number of hydrogen-bond acceptors (Lipinski definition) is 4. The molecule has 34 heavy (non-hydrogen) atoms.